The first-order chi connectivity index (χ1) is 23.9. The summed E-state index contributed by atoms with van der Waals surface area (Å²) in [5, 5.41) is 4.70. The fourth-order valence-electron chi connectivity index (χ4n) is 7.64. The Morgan fingerprint density at radius 1 is 0.633 bits per heavy atom. The lowest BCUT2D eigenvalue weighted by atomic mass is 9.80. The normalized spacial score (nSPS) is 14.5. The molecule has 7 rings (SSSR count). The second-order valence-electron chi connectivity index (χ2n) is 13.2. The summed E-state index contributed by atoms with van der Waals surface area (Å²) in [6, 6.07) is 43.5. The highest BCUT2D eigenvalue weighted by Crippen LogP contribution is 2.49. The maximum Gasteiger partial charge on any atom is 0.0708 e. The standard InChI is InChI=1S/C48H41N/c1-7-18-41-42(8-2)48(5,6)43-26-17-25-36(46(41)43)32(4)31-49-44(9-3)47-39-23-15-13-21-37(39)45(38-22-14-16-24-40(38)47)35-29-27-34(28-30-35)33-19-11-10-12-20-33/h7-31H,2-3H2,1,4-6H3/b18-7-,32-31+,49-44?. The molecule has 1 aliphatic carbocycles. The highest BCUT2D eigenvalue weighted by atomic mass is 14.7. The molecule has 0 unspecified atom stereocenters. The predicted octanol–water partition coefficient (Wildman–Crippen LogP) is 13.2. The Morgan fingerprint density at radius 3 is 1.80 bits per heavy atom. The minimum atomic E-state index is -0.126. The Labute approximate surface area is 290 Å². The Hall–Kier alpha value is -5.79. The SMILES string of the molecule is C=CC(=N/C=C(\C)c1cccc2c1C(/C=C\C)=C(C=C)C2(C)C)c1c2ccccc2c(-c2ccc(-c3ccccc3)cc2)c2ccccc12. The highest BCUT2D eigenvalue weighted by Gasteiger charge is 2.36. The number of aliphatic imine (C=N–C) groups is 1. The van der Waals surface area contributed by atoms with E-state index in [1.54, 1.807) is 0 Å². The molecule has 6 aromatic rings. The van der Waals surface area contributed by atoms with Crippen LogP contribution in [0.15, 0.2) is 176 Å². The van der Waals surface area contributed by atoms with Crippen molar-refractivity contribution in [2.24, 2.45) is 4.99 Å². The number of fused-ring (bicyclic) bond motifs is 3. The molecule has 238 valence electrons. The molecule has 1 heteroatoms. The monoisotopic (exact) mass is 631 g/mol. The van der Waals surface area contributed by atoms with Gasteiger partial charge in [0.25, 0.3) is 0 Å². The van der Waals surface area contributed by atoms with Crippen LogP contribution in [-0.2, 0) is 5.41 Å². The molecule has 0 fully saturated rings. The molecule has 0 saturated carbocycles. The maximum atomic E-state index is 5.19. The number of benzene rings is 6. The molecule has 1 nitrogen and oxygen atoms in total. The Morgan fingerprint density at radius 2 is 1.20 bits per heavy atom. The molecule has 0 aromatic heterocycles. The molecule has 0 amide bonds. The van der Waals surface area contributed by atoms with Gasteiger partial charge >= 0.3 is 0 Å². The van der Waals surface area contributed by atoms with E-state index in [0.717, 1.165) is 27.6 Å². The molecule has 0 spiro atoms. The summed E-state index contributed by atoms with van der Waals surface area (Å²) in [4.78, 5) is 5.19. The summed E-state index contributed by atoms with van der Waals surface area (Å²) >= 11 is 0. The van der Waals surface area contributed by atoms with Gasteiger partial charge in [-0.25, -0.2) is 0 Å². The van der Waals surface area contributed by atoms with Gasteiger partial charge in [-0.3, -0.25) is 4.99 Å². The van der Waals surface area contributed by atoms with Crippen molar-refractivity contribution in [3.05, 3.63) is 193 Å². The average Bonchev–Trinajstić information content (AvgIpc) is 3.36. The molecule has 0 N–H and O–H groups in total. The third-order valence-electron chi connectivity index (χ3n) is 9.99. The third kappa shape index (κ3) is 5.42. The van der Waals surface area contributed by atoms with E-state index in [1.807, 2.05) is 18.4 Å². The number of rotatable bonds is 8. The van der Waals surface area contributed by atoms with Gasteiger partial charge in [-0.15, -0.1) is 0 Å². The minimum absolute atomic E-state index is 0.126. The highest BCUT2D eigenvalue weighted by molar-refractivity contribution is 6.28. The fourth-order valence-corrected chi connectivity index (χ4v) is 7.64. The second kappa shape index (κ2) is 13.0. The van der Waals surface area contributed by atoms with Gasteiger partial charge in [0, 0.05) is 17.2 Å². The first-order valence-corrected chi connectivity index (χ1v) is 17.0. The summed E-state index contributed by atoms with van der Waals surface area (Å²) in [5.41, 5.74) is 14.0. The van der Waals surface area contributed by atoms with Crippen LogP contribution in [0.2, 0.25) is 0 Å². The van der Waals surface area contributed by atoms with Gasteiger partial charge in [0.05, 0.1) is 5.71 Å². The summed E-state index contributed by atoms with van der Waals surface area (Å²) < 4.78 is 0. The van der Waals surface area contributed by atoms with Gasteiger partial charge in [0.2, 0.25) is 0 Å². The zero-order valence-electron chi connectivity index (χ0n) is 28.8. The van der Waals surface area contributed by atoms with Crippen LogP contribution in [0.3, 0.4) is 0 Å². The van der Waals surface area contributed by atoms with E-state index in [2.05, 4.69) is 174 Å². The van der Waals surface area contributed by atoms with Crippen LogP contribution in [0.1, 0.15) is 49.9 Å². The average molecular weight is 632 g/mol. The van der Waals surface area contributed by atoms with Crippen molar-refractivity contribution in [2.45, 2.75) is 33.1 Å². The molecule has 0 heterocycles. The zero-order valence-corrected chi connectivity index (χ0v) is 28.8. The van der Waals surface area contributed by atoms with Crippen LogP contribution >= 0.6 is 0 Å². The molecule has 49 heavy (non-hydrogen) atoms. The molecule has 0 bridgehead atoms. The van der Waals surface area contributed by atoms with E-state index < -0.39 is 0 Å². The number of allylic oxidation sites excluding steroid dienone is 7. The molecular formula is C48H41N. The summed E-state index contributed by atoms with van der Waals surface area (Å²) in [5.74, 6) is 0. The second-order valence-corrected chi connectivity index (χ2v) is 13.2. The minimum Gasteiger partial charge on any atom is -0.256 e. The molecule has 0 aliphatic heterocycles. The van der Waals surface area contributed by atoms with Crippen LogP contribution in [0.25, 0.3) is 54.9 Å². The van der Waals surface area contributed by atoms with Crippen LogP contribution in [-0.4, -0.2) is 5.71 Å². The Bertz CT molecular complexity index is 2320. The fraction of sp³-hybridized carbons (Fsp3) is 0.104. The van der Waals surface area contributed by atoms with Crippen molar-refractivity contribution >= 4 is 38.4 Å². The van der Waals surface area contributed by atoms with Crippen molar-refractivity contribution in [1.82, 2.24) is 0 Å². The van der Waals surface area contributed by atoms with Crippen LogP contribution in [0, 0.1) is 0 Å². The number of nitrogens with zero attached hydrogens (tertiary/aromatic N) is 1. The van der Waals surface area contributed by atoms with Crippen LogP contribution < -0.4 is 0 Å². The first-order valence-electron chi connectivity index (χ1n) is 17.0. The van der Waals surface area contributed by atoms with E-state index in [-0.39, 0.29) is 5.41 Å². The largest absolute Gasteiger partial charge is 0.256 e. The smallest absolute Gasteiger partial charge is 0.0708 e. The quantitative estimate of drug-likeness (QED) is 0.117. The molecule has 0 saturated heterocycles. The molecular weight excluding hydrogens is 591 g/mol. The van der Waals surface area contributed by atoms with E-state index in [0.29, 0.717) is 0 Å². The first kappa shape index (κ1) is 31.8. The Kier molecular flexibility index (Phi) is 8.45. The number of hydrogen-bond acceptors (Lipinski definition) is 1. The molecule has 6 aromatic carbocycles. The van der Waals surface area contributed by atoms with Crippen molar-refractivity contribution in [2.75, 3.05) is 0 Å². The van der Waals surface area contributed by atoms with Crippen molar-refractivity contribution in [3.8, 4) is 22.3 Å². The summed E-state index contributed by atoms with van der Waals surface area (Å²) in [6.07, 6.45) is 10.3. The lowest BCUT2D eigenvalue weighted by Gasteiger charge is -2.23. The van der Waals surface area contributed by atoms with Crippen LogP contribution in [0.4, 0.5) is 0 Å². The van der Waals surface area contributed by atoms with Crippen molar-refractivity contribution in [3.63, 3.8) is 0 Å². The van der Waals surface area contributed by atoms with Gasteiger partial charge < -0.3 is 0 Å². The van der Waals surface area contributed by atoms with Crippen molar-refractivity contribution in [1.29, 1.82) is 0 Å². The lowest BCUT2D eigenvalue weighted by Crippen LogP contribution is -2.16. The summed E-state index contributed by atoms with van der Waals surface area (Å²) in [7, 11) is 0. The van der Waals surface area contributed by atoms with Gasteiger partial charge in [-0.2, -0.15) is 0 Å². The molecule has 1 aliphatic rings. The van der Waals surface area contributed by atoms with E-state index in [9.17, 15) is 0 Å². The van der Waals surface area contributed by atoms with Gasteiger partial charge in [0.1, 0.15) is 0 Å². The van der Waals surface area contributed by atoms with Crippen LogP contribution in [0.5, 0.6) is 0 Å². The predicted molar refractivity (Wildman–Crippen MR) is 214 cm³/mol. The number of hydrogen-bond donors (Lipinski definition) is 0. The van der Waals surface area contributed by atoms with Crippen molar-refractivity contribution < 1.29 is 0 Å². The van der Waals surface area contributed by atoms with E-state index >= 15 is 0 Å². The van der Waals surface area contributed by atoms with E-state index in [4.69, 9.17) is 4.99 Å². The topological polar surface area (TPSA) is 12.4 Å². The lowest BCUT2D eigenvalue weighted by molar-refractivity contribution is 0.654. The maximum absolute atomic E-state index is 5.19. The third-order valence-corrected chi connectivity index (χ3v) is 9.99. The Balaban J connectivity index is 1.39. The van der Waals surface area contributed by atoms with Gasteiger partial charge in [-0.1, -0.05) is 167 Å². The van der Waals surface area contributed by atoms with Gasteiger partial charge in [-0.05, 0) is 97.1 Å². The summed E-state index contributed by atoms with van der Waals surface area (Å²) in [6.45, 7) is 17.3. The van der Waals surface area contributed by atoms with Gasteiger partial charge in [0.15, 0.2) is 0 Å². The molecule has 0 atom stereocenters. The molecule has 0 radical (unpaired) electrons. The zero-order chi connectivity index (χ0) is 34.1. The van der Waals surface area contributed by atoms with E-state index in [1.165, 1.54) is 60.9 Å².